The van der Waals surface area contributed by atoms with Gasteiger partial charge in [-0.2, -0.15) is 11.8 Å². The Bertz CT molecular complexity index is 856. The minimum Gasteiger partial charge on any atom is -0.454 e. The lowest BCUT2D eigenvalue weighted by Gasteiger charge is -2.25. The fourth-order valence-corrected chi connectivity index (χ4v) is 4.27. The summed E-state index contributed by atoms with van der Waals surface area (Å²) in [7, 11) is 2.01. The summed E-state index contributed by atoms with van der Waals surface area (Å²) in [4.78, 5) is 16.5. The number of hydrogen-bond acceptors (Lipinski definition) is 7. The fourth-order valence-electron chi connectivity index (χ4n) is 3.16. The van der Waals surface area contributed by atoms with Crippen LogP contribution in [0, 0.1) is 0 Å². The van der Waals surface area contributed by atoms with E-state index < -0.39 is 0 Å². The van der Waals surface area contributed by atoms with E-state index >= 15 is 0 Å². The highest BCUT2D eigenvalue weighted by atomic mass is 35.5. The SMILES string of the molecule is CN(CCn1cc(C(=O)N2CCSCC2)nn1)Cc1cc2c(cc1Cl)OCO2. The molecule has 1 amide bonds. The topological polar surface area (TPSA) is 72.7 Å². The molecule has 0 atom stereocenters. The number of carbonyl (C=O) groups is 1. The number of halogens is 1. The first-order valence-corrected chi connectivity index (χ1v) is 10.7. The van der Waals surface area contributed by atoms with Crippen molar-refractivity contribution in [2.45, 2.75) is 13.1 Å². The molecule has 1 aromatic carbocycles. The number of nitrogens with zero attached hydrogens (tertiary/aromatic N) is 5. The maximum Gasteiger partial charge on any atom is 0.276 e. The zero-order chi connectivity index (χ0) is 19.5. The van der Waals surface area contributed by atoms with Crippen molar-refractivity contribution in [3.05, 3.63) is 34.6 Å². The summed E-state index contributed by atoms with van der Waals surface area (Å²) in [5.74, 6) is 3.33. The Morgan fingerprint density at radius 1 is 1.29 bits per heavy atom. The van der Waals surface area contributed by atoms with Gasteiger partial charge in [0.2, 0.25) is 6.79 Å². The number of carbonyl (C=O) groups excluding carboxylic acids is 1. The number of fused-ring (bicyclic) bond motifs is 1. The molecule has 0 saturated carbocycles. The molecule has 28 heavy (non-hydrogen) atoms. The highest BCUT2D eigenvalue weighted by Crippen LogP contribution is 2.37. The van der Waals surface area contributed by atoms with Gasteiger partial charge in [-0.25, -0.2) is 0 Å². The first-order valence-electron chi connectivity index (χ1n) is 9.14. The average molecular weight is 424 g/mol. The van der Waals surface area contributed by atoms with Gasteiger partial charge in [-0.1, -0.05) is 16.8 Å². The second kappa shape index (κ2) is 8.59. The average Bonchev–Trinajstić information content (AvgIpc) is 3.36. The summed E-state index contributed by atoms with van der Waals surface area (Å²) in [6.07, 6.45) is 1.73. The summed E-state index contributed by atoms with van der Waals surface area (Å²) in [5, 5.41) is 8.81. The van der Waals surface area contributed by atoms with Gasteiger partial charge in [0.15, 0.2) is 17.2 Å². The third-order valence-electron chi connectivity index (χ3n) is 4.75. The van der Waals surface area contributed by atoms with E-state index in [0.29, 0.717) is 29.6 Å². The Labute approximate surface area is 172 Å². The van der Waals surface area contributed by atoms with E-state index in [0.717, 1.165) is 42.5 Å². The maximum atomic E-state index is 12.5. The van der Waals surface area contributed by atoms with Gasteiger partial charge in [0.1, 0.15) is 0 Å². The van der Waals surface area contributed by atoms with Gasteiger partial charge in [-0.05, 0) is 18.7 Å². The molecule has 1 fully saturated rings. The highest BCUT2D eigenvalue weighted by molar-refractivity contribution is 7.99. The molecule has 8 nitrogen and oxygen atoms in total. The van der Waals surface area contributed by atoms with Crippen molar-refractivity contribution in [1.82, 2.24) is 24.8 Å². The Kier molecular flexibility index (Phi) is 5.93. The minimum absolute atomic E-state index is 0.0351. The Balaban J connectivity index is 1.31. The summed E-state index contributed by atoms with van der Waals surface area (Å²) in [6.45, 7) is 3.82. The molecule has 0 unspecified atom stereocenters. The van der Waals surface area contributed by atoms with Crippen LogP contribution < -0.4 is 9.47 Å². The van der Waals surface area contributed by atoms with Crippen molar-refractivity contribution < 1.29 is 14.3 Å². The van der Waals surface area contributed by atoms with Gasteiger partial charge in [-0.15, -0.1) is 5.10 Å². The molecule has 2 aromatic rings. The van der Waals surface area contributed by atoms with Crippen LogP contribution in [0.25, 0.3) is 0 Å². The number of amides is 1. The third kappa shape index (κ3) is 4.37. The van der Waals surface area contributed by atoms with Crippen LogP contribution in [0.3, 0.4) is 0 Å². The van der Waals surface area contributed by atoms with Crippen molar-refractivity contribution in [3.63, 3.8) is 0 Å². The number of aromatic nitrogens is 3. The van der Waals surface area contributed by atoms with Crippen molar-refractivity contribution in [1.29, 1.82) is 0 Å². The number of likely N-dealkylation sites (N-methyl/N-ethyl adjacent to an activating group) is 1. The van der Waals surface area contributed by atoms with Gasteiger partial charge < -0.3 is 19.3 Å². The van der Waals surface area contributed by atoms with Crippen LogP contribution in [0.4, 0.5) is 0 Å². The summed E-state index contributed by atoms with van der Waals surface area (Å²) < 4.78 is 12.5. The van der Waals surface area contributed by atoms with E-state index in [1.54, 1.807) is 16.9 Å². The van der Waals surface area contributed by atoms with Gasteiger partial charge in [-0.3, -0.25) is 9.48 Å². The van der Waals surface area contributed by atoms with E-state index in [1.165, 1.54) is 0 Å². The first-order chi connectivity index (χ1) is 13.6. The van der Waals surface area contributed by atoms with Crippen molar-refractivity contribution in [2.24, 2.45) is 0 Å². The Morgan fingerprint density at radius 3 is 2.82 bits per heavy atom. The molecule has 3 heterocycles. The fraction of sp³-hybridized carbons (Fsp3) is 0.500. The number of benzene rings is 1. The molecular formula is C18H22ClN5O3S. The molecule has 1 saturated heterocycles. The predicted octanol–water partition coefficient (Wildman–Crippen LogP) is 1.98. The summed E-state index contributed by atoms with van der Waals surface area (Å²) in [6, 6.07) is 3.71. The van der Waals surface area contributed by atoms with Gasteiger partial charge in [0, 0.05) is 48.8 Å². The second-order valence-electron chi connectivity index (χ2n) is 6.81. The molecule has 4 rings (SSSR count). The van der Waals surface area contributed by atoms with Crippen LogP contribution in [0.2, 0.25) is 5.02 Å². The van der Waals surface area contributed by atoms with Crippen LogP contribution in [-0.2, 0) is 13.1 Å². The van der Waals surface area contributed by atoms with Crippen LogP contribution in [0.1, 0.15) is 16.1 Å². The highest BCUT2D eigenvalue weighted by Gasteiger charge is 2.21. The molecule has 0 aliphatic carbocycles. The van der Waals surface area contributed by atoms with Crippen LogP contribution in [-0.4, -0.2) is 75.7 Å². The largest absolute Gasteiger partial charge is 0.454 e. The molecule has 0 bridgehead atoms. The lowest BCUT2D eigenvalue weighted by atomic mass is 10.2. The monoisotopic (exact) mass is 423 g/mol. The van der Waals surface area contributed by atoms with E-state index in [1.807, 2.05) is 29.8 Å². The molecule has 150 valence electrons. The predicted molar refractivity (Wildman–Crippen MR) is 107 cm³/mol. The van der Waals surface area contributed by atoms with E-state index in [-0.39, 0.29) is 12.7 Å². The molecule has 10 heteroatoms. The Hall–Kier alpha value is -1.97. The zero-order valence-corrected chi connectivity index (χ0v) is 17.2. The molecule has 2 aliphatic heterocycles. The number of rotatable bonds is 6. The summed E-state index contributed by atoms with van der Waals surface area (Å²) in [5.41, 5.74) is 1.39. The van der Waals surface area contributed by atoms with Gasteiger partial charge in [0.05, 0.1) is 12.7 Å². The van der Waals surface area contributed by atoms with Gasteiger partial charge >= 0.3 is 0 Å². The standard InChI is InChI=1S/C18H22ClN5O3S/c1-22(10-13-8-16-17(9-14(13)19)27-12-26-16)2-3-24-11-15(20-21-24)18(25)23-4-6-28-7-5-23/h8-9,11H,2-7,10,12H2,1H3. The van der Waals surface area contributed by atoms with Crippen molar-refractivity contribution in [3.8, 4) is 11.5 Å². The maximum absolute atomic E-state index is 12.5. The molecule has 0 radical (unpaired) electrons. The quantitative estimate of drug-likeness (QED) is 0.703. The third-order valence-corrected chi connectivity index (χ3v) is 6.04. The minimum atomic E-state index is -0.0351. The second-order valence-corrected chi connectivity index (χ2v) is 8.44. The van der Waals surface area contributed by atoms with Gasteiger partial charge in [0.25, 0.3) is 5.91 Å². The lowest BCUT2D eigenvalue weighted by molar-refractivity contribution is 0.0766. The molecule has 2 aliphatic rings. The van der Waals surface area contributed by atoms with Crippen LogP contribution in [0.5, 0.6) is 11.5 Å². The van der Waals surface area contributed by atoms with E-state index in [9.17, 15) is 4.79 Å². The van der Waals surface area contributed by atoms with Crippen LogP contribution >= 0.6 is 23.4 Å². The molecular weight excluding hydrogens is 402 g/mol. The van der Waals surface area contributed by atoms with Crippen molar-refractivity contribution in [2.75, 3.05) is 45.0 Å². The Morgan fingerprint density at radius 2 is 2.04 bits per heavy atom. The van der Waals surface area contributed by atoms with E-state index in [4.69, 9.17) is 21.1 Å². The first kappa shape index (κ1) is 19.4. The van der Waals surface area contributed by atoms with E-state index in [2.05, 4.69) is 15.2 Å². The summed E-state index contributed by atoms with van der Waals surface area (Å²) >= 11 is 8.22. The molecule has 0 spiro atoms. The normalized spacial score (nSPS) is 16.0. The molecule has 1 aromatic heterocycles. The molecule has 0 N–H and O–H groups in total. The number of ether oxygens (including phenoxy) is 2. The zero-order valence-electron chi connectivity index (χ0n) is 15.6. The van der Waals surface area contributed by atoms with Crippen molar-refractivity contribution >= 4 is 29.3 Å². The van der Waals surface area contributed by atoms with Crippen LogP contribution in [0.15, 0.2) is 18.3 Å². The smallest absolute Gasteiger partial charge is 0.276 e. The number of thioether (sulfide) groups is 1. The number of hydrogen-bond donors (Lipinski definition) is 0. The lowest BCUT2D eigenvalue weighted by Crippen LogP contribution is -2.38.